The van der Waals surface area contributed by atoms with Crippen molar-refractivity contribution in [3.63, 3.8) is 0 Å². The molecule has 9 heteroatoms. The highest BCUT2D eigenvalue weighted by Gasteiger charge is 2.35. The monoisotopic (exact) mass is 448 g/mol. The van der Waals surface area contributed by atoms with Crippen LogP contribution in [-0.2, 0) is 27.3 Å². The van der Waals surface area contributed by atoms with E-state index in [1.807, 2.05) is 47.1 Å². The largest absolute Gasteiger partial charge is 0.354 e. The van der Waals surface area contributed by atoms with Crippen LogP contribution in [-0.4, -0.2) is 76.8 Å². The molecule has 1 aromatic heterocycles. The van der Waals surface area contributed by atoms with Gasteiger partial charge in [-0.05, 0) is 18.9 Å². The molecule has 0 aliphatic carbocycles. The number of rotatable bonds is 5. The number of nitrogens with zero attached hydrogens (tertiary/aromatic N) is 5. The molecule has 9 nitrogen and oxygen atoms in total. The maximum absolute atomic E-state index is 12.8. The minimum absolute atomic E-state index is 0.0333. The summed E-state index contributed by atoms with van der Waals surface area (Å²) in [5.74, 6) is 1.48. The number of carbonyl (C=O) groups is 3. The average Bonchev–Trinajstić information content (AvgIpc) is 3.41. The van der Waals surface area contributed by atoms with Crippen LogP contribution in [0.5, 0.6) is 0 Å². The summed E-state index contributed by atoms with van der Waals surface area (Å²) in [5.41, 5.74) is 2.79. The SMILES string of the molecule is Cc1nc(C2CCN(C(=O)CN3CCNC(=O)C3)C2)nc2c1CC(=O)N2Cc1ccccc1. The van der Waals surface area contributed by atoms with Crippen molar-refractivity contribution >= 4 is 23.5 Å². The summed E-state index contributed by atoms with van der Waals surface area (Å²) >= 11 is 0. The number of anilines is 1. The molecule has 3 aliphatic heterocycles. The first-order valence-electron chi connectivity index (χ1n) is 11.5. The molecule has 5 rings (SSSR count). The van der Waals surface area contributed by atoms with Crippen molar-refractivity contribution < 1.29 is 14.4 Å². The van der Waals surface area contributed by atoms with E-state index in [2.05, 4.69) is 5.32 Å². The van der Waals surface area contributed by atoms with Gasteiger partial charge in [-0.1, -0.05) is 30.3 Å². The van der Waals surface area contributed by atoms with Crippen LogP contribution < -0.4 is 10.2 Å². The molecular weight excluding hydrogens is 420 g/mol. The van der Waals surface area contributed by atoms with Gasteiger partial charge in [-0.25, -0.2) is 9.97 Å². The van der Waals surface area contributed by atoms with E-state index < -0.39 is 0 Å². The maximum Gasteiger partial charge on any atom is 0.236 e. The molecule has 2 saturated heterocycles. The lowest BCUT2D eigenvalue weighted by atomic mass is 10.1. The Bertz CT molecular complexity index is 1090. The second kappa shape index (κ2) is 8.90. The Morgan fingerprint density at radius 1 is 1.15 bits per heavy atom. The molecule has 3 aliphatic rings. The molecule has 172 valence electrons. The first-order valence-corrected chi connectivity index (χ1v) is 11.5. The number of aryl methyl sites for hydroxylation is 1. The minimum atomic E-state index is -0.0371. The molecule has 0 spiro atoms. The molecule has 1 unspecified atom stereocenters. The zero-order chi connectivity index (χ0) is 22.9. The van der Waals surface area contributed by atoms with E-state index in [1.54, 1.807) is 4.90 Å². The van der Waals surface area contributed by atoms with E-state index >= 15 is 0 Å². The summed E-state index contributed by atoms with van der Waals surface area (Å²) in [6, 6.07) is 9.90. The van der Waals surface area contributed by atoms with Crippen LogP contribution in [0.1, 0.15) is 35.0 Å². The predicted molar refractivity (Wildman–Crippen MR) is 121 cm³/mol. The van der Waals surface area contributed by atoms with Gasteiger partial charge >= 0.3 is 0 Å². The lowest BCUT2D eigenvalue weighted by Gasteiger charge is -2.27. The van der Waals surface area contributed by atoms with E-state index in [9.17, 15) is 14.4 Å². The van der Waals surface area contributed by atoms with E-state index in [0.717, 1.165) is 23.2 Å². The van der Waals surface area contributed by atoms with Crippen LogP contribution in [0.15, 0.2) is 30.3 Å². The summed E-state index contributed by atoms with van der Waals surface area (Å²) in [6.45, 7) is 5.41. The van der Waals surface area contributed by atoms with E-state index in [4.69, 9.17) is 9.97 Å². The Kier molecular flexibility index (Phi) is 5.80. The lowest BCUT2D eigenvalue weighted by molar-refractivity contribution is -0.133. The average molecular weight is 449 g/mol. The summed E-state index contributed by atoms with van der Waals surface area (Å²) < 4.78 is 0. The first-order chi connectivity index (χ1) is 16.0. The predicted octanol–water partition coefficient (Wildman–Crippen LogP) is 0.622. The number of amides is 3. The molecule has 1 N–H and O–H groups in total. The Morgan fingerprint density at radius 2 is 1.97 bits per heavy atom. The fourth-order valence-electron chi connectivity index (χ4n) is 4.82. The van der Waals surface area contributed by atoms with Gasteiger partial charge < -0.3 is 10.2 Å². The normalized spacial score (nSPS) is 20.8. The highest BCUT2D eigenvalue weighted by molar-refractivity contribution is 6.00. The number of nitrogens with one attached hydrogen (secondary N) is 1. The molecule has 2 fully saturated rings. The number of fused-ring (bicyclic) bond motifs is 1. The molecule has 0 radical (unpaired) electrons. The topological polar surface area (TPSA) is 98.7 Å². The van der Waals surface area contributed by atoms with Crippen molar-refractivity contribution in [2.75, 3.05) is 44.2 Å². The first kappa shape index (κ1) is 21.5. The summed E-state index contributed by atoms with van der Waals surface area (Å²) in [6.07, 6.45) is 1.12. The second-order valence-corrected chi connectivity index (χ2v) is 9.00. The highest BCUT2D eigenvalue weighted by atomic mass is 16.2. The summed E-state index contributed by atoms with van der Waals surface area (Å²) in [5, 5.41) is 2.78. The van der Waals surface area contributed by atoms with Crippen molar-refractivity contribution in [1.29, 1.82) is 0 Å². The van der Waals surface area contributed by atoms with Gasteiger partial charge in [-0.3, -0.25) is 24.2 Å². The van der Waals surface area contributed by atoms with Crippen molar-refractivity contribution in [3.8, 4) is 0 Å². The Balaban J connectivity index is 1.29. The van der Waals surface area contributed by atoms with Crippen LogP contribution in [0.3, 0.4) is 0 Å². The zero-order valence-corrected chi connectivity index (χ0v) is 18.8. The Hall–Kier alpha value is -3.33. The van der Waals surface area contributed by atoms with Gasteiger partial charge in [0.05, 0.1) is 26.1 Å². The van der Waals surface area contributed by atoms with Gasteiger partial charge in [-0.15, -0.1) is 0 Å². The third-order valence-electron chi connectivity index (χ3n) is 6.66. The van der Waals surface area contributed by atoms with Crippen molar-refractivity contribution in [2.45, 2.75) is 32.2 Å². The third kappa shape index (κ3) is 4.45. The van der Waals surface area contributed by atoms with E-state index in [-0.39, 0.29) is 36.7 Å². The smallest absolute Gasteiger partial charge is 0.236 e. The number of likely N-dealkylation sites (tertiary alicyclic amines) is 1. The number of piperazine rings is 1. The van der Waals surface area contributed by atoms with Gasteiger partial charge in [0.1, 0.15) is 11.6 Å². The molecule has 2 aromatic rings. The molecule has 1 aromatic carbocycles. The number of benzene rings is 1. The molecule has 4 heterocycles. The maximum atomic E-state index is 12.8. The number of aromatic nitrogens is 2. The number of hydrogen-bond donors (Lipinski definition) is 1. The fourth-order valence-corrected chi connectivity index (χ4v) is 4.82. The molecule has 33 heavy (non-hydrogen) atoms. The zero-order valence-electron chi connectivity index (χ0n) is 18.8. The van der Waals surface area contributed by atoms with Crippen LogP contribution in [0.25, 0.3) is 0 Å². The molecule has 0 bridgehead atoms. The van der Waals surface area contributed by atoms with Crippen molar-refractivity contribution in [2.24, 2.45) is 0 Å². The standard InChI is InChI=1S/C24H28N6O3/c1-16-19-11-21(32)30(12-17-5-3-2-4-6-17)24(19)27-23(26-16)18-7-9-29(13-18)22(33)15-28-10-8-25-20(31)14-28/h2-6,18H,7-15H2,1H3,(H,25,31). The van der Waals surface area contributed by atoms with Gasteiger partial charge in [-0.2, -0.15) is 0 Å². The third-order valence-corrected chi connectivity index (χ3v) is 6.66. The van der Waals surface area contributed by atoms with Crippen LogP contribution in [0.4, 0.5) is 5.82 Å². The van der Waals surface area contributed by atoms with Crippen molar-refractivity contribution in [1.82, 2.24) is 25.1 Å². The molecule has 0 saturated carbocycles. The fraction of sp³-hybridized carbons (Fsp3) is 0.458. The number of hydrogen-bond acceptors (Lipinski definition) is 6. The molecule has 1 atom stereocenters. The number of carbonyl (C=O) groups excluding carboxylic acids is 3. The van der Waals surface area contributed by atoms with Gasteiger partial charge in [0.25, 0.3) is 0 Å². The molecule has 3 amide bonds. The Morgan fingerprint density at radius 3 is 2.76 bits per heavy atom. The van der Waals surface area contributed by atoms with Gasteiger partial charge in [0.15, 0.2) is 0 Å². The van der Waals surface area contributed by atoms with E-state index in [1.165, 1.54) is 0 Å². The quantitative estimate of drug-likeness (QED) is 0.720. The molecular formula is C24H28N6O3. The van der Waals surface area contributed by atoms with Crippen LogP contribution >= 0.6 is 0 Å². The summed E-state index contributed by atoms with van der Waals surface area (Å²) in [4.78, 5) is 52.2. The summed E-state index contributed by atoms with van der Waals surface area (Å²) in [7, 11) is 0. The minimum Gasteiger partial charge on any atom is -0.354 e. The van der Waals surface area contributed by atoms with Gasteiger partial charge in [0.2, 0.25) is 17.7 Å². The second-order valence-electron chi connectivity index (χ2n) is 9.00. The highest BCUT2D eigenvalue weighted by Crippen LogP contribution is 2.33. The van der Waals surface area contributed by atoms with E-state index in [0.29, 0.717) is 50.8 Å². The Labute approximate surface area is 192 Å². The van der Waals surface area contributed by atoms with Crippen molar-refractivity contribution in [3.05, 3.63) is 53.0 Å². The lowest BCUT2D eigenvalue weighted by Crippen LogP contribution is -2.50. The van der Waals surface area contributed by atoms with Crippen LogP contribution in [0, 0.1) is 6.92 Å². The van der Waals surface area contributed by atoms with Crippen LogP contribution in [0.2, 0.25) is 0 Å². The van der Waals surface area contributed by atoms with Gasteiger partial charge in [0, 0.05) is 43.4 Å².